The average molecular weight is 169 g/mol. The molecule has 0 radical (unpaired) electrons. The van der Waals surface area contributed by atoms with E-state index >= 15 is 0 Å². The van der Waals surface area contributed by atoms with Crippen molar-refractivity contribution in [3.8, 4) is 0 Å². The molecule has 1 N–H and O–H groups in total. The van der Waals surface area contributed by atoms with Crippen molar-refractivity contribution in [3.63, 3.8) is 0 Å². The Bertz CT molecular complexity index is 173. The van der Waals surface area contributed by atoms with Crippen molar-refractivity contribution < 1.29 is 5.11 Å². The van der Waals surface area contributed by atoms with Gasteiger partial charge in [-0.1, -0.05) is 19.9 Å². The van der Waals surface area contributed by atoms with Crippen molar-refractivity contribution in [1.82, 2.24) is 4.90 Å². The Hall–Kier alpha value is -0.500. The molecule has 0 fully saturated rings. The van der Waals surface area contributed by atoms with E-state index in [0.29, 0.717) is 0 Å². The highest BCUT2D eigenvalue weighted by Crippen LogP contribution is 2.38. The quantitative estimate of drug-likeness (QED) is 0.698. The van der Waals surface area contributed by atoms with Gasteiger partial charge in [0.1, 0.15) is 6.23 Å². The third-order valence-corrected chi connectivity index (χ3v) is 3.11. The average Bonchev–Trinajstić information content (AvgIpc) is 2.43. The highest BCUT2D eigenvalue weighted by atomic mass is 16.3. The van der Waals surface area contributed by atoms with Crippen molar-refractivity contribution in [2.75, 3.05) is 6.54 Å². The summed E-state index contributed by atoms with van der Waals surface area (Å²) >= 11 is 0. The standard InChI is InChI=1S/C10H19NO/c1-4-10(5-2)7-8-11(6-3)9(10)12/h7-9,12H,4-6H2,1-3H3. The van der Waals surface area contributed by atoms with Gasteiger partial charge in [0.15, 0.2) is 0 Å². The summed E-state index contributed by atoms with van der Waals surface area (Å²) in [6, 6.07) is 0. The van der Waals surface area contributed by atoms with E-state index in [4.69, 9.17) is 0 Å². The van der Waals surface area contributed by atoms with Crippen molar-refractivity contribution in [3.05, 3.63) is 12.3 Å². The minimum atomic E-state index is -0.308. The highest BCUT2D eigenvalue weighted by molar-refractivity contribution is 5.09. The van der Waals surface area contributed by atoms with E-state index in [0.717, 1.165) is 19.4 Å². The van der Waals surface area contributed by atoms with Crippen LogP contribution >= 0.6 is 0 Å². The zero-order valence-corrected chi connectivity index (χ0v) is 8.25. The molecule has 1 heterocycles. The zero-order valence-electron chi connectivity index (χ0n) is 8.25. The molecule has 0 aromatic rings. The Morgan fingerprint density at radius 3 is 2.17 bits per heavy atom. The number of nitrogens with zero attached hydrogens (tertiary/aromatic N) is 1. The Morgan fingerprint density at radius 1 is 1.33 bits per heavy atom. The van der Waals surface area contributed by atoms with E-state index < -0.39 is 0 Å². The first-order valence-corrected chi connectivity index (χ1v) is 4.83. The van der Waals surface area contributed by atoms with Gasteiger partial charge < -0.3 is 10.0 Å². The molecule has 1 aliphatic rings. The molecule has 1 atom stereocenters. The van der Waals surface area contributed by atoms with Crippen molar-refractivity contribution >= 4 is 0 Å². The summed E-state index contributed by atoms with van der Waals surface area (Å²) in [5.41, 5.74) is 0.00993. The molecule has 70 valence electrons. The van der Waals surface area contributed by atoms with Gasteiger partial charge in [-0.3, -0.25) is 0 Å². The molecule has 0 spiro atoms. The second-order valence-electron chi connectivity index (χ2n) is 3.46. The number of rotatable bonds is 3. The summed E-state index contributed by atoms with van der Waals surface area (Å²) in [5.74, 6) is 0. The summed E-state index contributed by atoms with van der Waals surface area (Å²) in [6.07, 6.45) is 5.89. The fourth-order valence-electron chi connectivity index (χ4n) is 1.87. The van der Waals surface area contributed by atoms with Crippen LogP contribution in [0.2, 0.25) is 0 Å². The van der Waals surface area contributed by atoms with Gasteiger partial charge in [-0.2, -0.15) is 0 Å². The number of hydrogen-bond acceptors (Lipinski definition) is 2. The second kappa shape index (κ2) is 3.48. The maximum absolute atomic E-state index is 9.96. The van der Waals surface area contributed by atoms with Crippen LogP contribution < -0.4 is 0 Å². The fraction of sp³-hybridized carbons (Fsp3) is 0.800. The molecule has 0 aliphatic carbocycles. The van der Waals surface area contributed by atoms with Crippen LogP contribution in [-0.4, -0.2) is 22.8 Å². The minimum Gasteiger partial charge on any atom is -0.373 e. The van der Waals surface area contributed by atoms with Crippen LogP contribution in [0.5, 0.6) is 0 Å². The van der Waals surface area contributed by atoms with Gasteiger partial charge in [-0.15, -0.1) is 0 Å². The summed E-state index contributed by atoms with van der Waals surface area (Å²) in [7, 11) is 0. The van der Waals surface area contributed by atoms with E-state index in [1.807, 2.05) is 11.1 Å². The Balaban J connectivity index is 2.76. The number of aliphatic hydroxyl groups is 1. The predicted molar refractivity (Wildman–Crippen MR) is 50.5 cm³/mol. The first kappa shape index (κ1) is 9.59. The molecule has 0 aromatic heterocycles. The van der Waals surface area contributed by atoms with Crippen LogP contribution in [0.15, 0.2) is 12.3 Å². The Kier molecular flexibility index (Phi) is 2.78. The van der Waals surface area contributed by atoms with Crippen LogP contribution in [0.4, 0.5) is 0 Å². The third-order valence-electron chi connectivity index (χ3n) is 3.11. The largest absolute Gasteiger partial charge is 0.373 e. The van der Waals surface area contributed by atoms with Gasteiger partial charge >= 0.3 is 0 Å². The van der Waals surface area contributed by atoms with Gasteiger partial charge in [0, 0.05) is 12.0 Å². The van der Waals surface area contributed by atoms with Gasteiger partial charge in [0.2, 0.25) is 0 Å². The molecular weight excluding hydrogens is 150 g/mol. The van der Waals surface area contributed by atoms with Gasteiger partial charge in [0.05, 0.1) is 0 Å². The van der Waals surface area contributed by atoms with Crippen LogP contribution in [0.3, 0.4) is 0 Å². The zero-order chi connectivity index (χ0) is 9.19. The summed E-state index contributed by atoms with van der Waals surface area (Å²) in [5, 5.41) is 9.96. The van der Waals surface area contributed by atoms with Crippen LogP contribution in [0.25, 0.3) is 0 Å². The lowest BCUT2D eigenvalue weighted by Crippen LogP contribution is -2.39. The highest BCUT2D eigenvalue weighted by Gasteiger charge is 2.38. The second-order valence-corrected chi connectivity index (χ2v) is 3.46. The fourth-order valence-corrected chi connectivity index (χ4v) is 1.87. The van der Waals surface area contributed by atoms with E-state index in [9.17, 15) is 5.11 Å². The van der Waals surface area contributed by atoms with Gasteiger partial charge in [0.25, 0.3) is 0 Å². The Morgan fingerprint density at radius 2 is 1.92 bits per heavy atom. The smallest absolute Gasteiger partial charge is 0.135 e. The third kappa shape index (κ3) is 1.24. The van der Waals surface area contributed by atoms with Crippen LogP contribution in [-0.2, 0) is 0 Å². The summed E-state index contributed by atoms with van der Waals surface area (Å²) in [4.78, 5) is 1.99. The lowest BCUT2D eigenvalue weighted by Gasteiger charge is -2.33. The normalized spacial score (nSPS) is 26.7. The van der Waals surface area contributed by atoms with Crippen molar-refractivity contribution in [2.24, 2.45) is 5.41 Å². The van der Waals surface area contributed by atoms with E-state index in [1.165, 1.54) is 0 Å². The monoisotopic (exact) mass is 169 g/mol. The number of aliphatic hydroxyl groups excluding tert-OH is 1. The molecule has 0 saturated heterocycles. The van der Waals surface area contributed by atoms with Crippen molar-refractivity contribution in [1.29, 1.82) is 0 Å². The maximum Gasteiger partial charge on any atom is 0.135 e. The molecule has 0 amide bonds. The molecule has 0 bridgehead atoms. The van der Waals surface area contributed by atoms with Gasteiger partial charge in [-0.05, 0) is 26.0 Å². The molecule has 1 aliphatic heterocycles. The molecule has 0 aromatic carbocycles. The molecule has 12 heavy (non-hydrogen) atoms. The van der Waals surface area contributed by atoms with E-state index in [2.05, 4.69) is 26.8 Å². The molecule has 1 rings (SSSR count). The topological polar surface area (TPSA) is 23.5 Å². The van der Waals surface area contributed by atoms with Crippen LogP contribution in [0.1, 0.15) is 33.6 Å². The minimum absolute atomic E-state index is 0.00993. The van der Waals surface area contributed by atoms with Crippen LogP contribution in [0, 0.1) is 5.41 Å². The predicted octanol–water partition coefficient (Wildman–Crippen LogP) is 1.96. The van der Waals surface area contributed by atoms with Crippen molar-refractivity contribution in [2.45, 2.75) is 39.8 Å². The molecule has 1 unspecified atom stereocenters. The molecule has 2 heteroatoms. The molecule has 0 saturated carbocycles. The summed E-state index contributed by atoms with van der Waals surface area (Å²) < 4.78 is 0. The SMILES string of the molecule is CCN1C=CC(CC)(CC)C1O. The van der Waals surface area contributed by atoms with Gasteiger partial charge in [-0.25, -0.2) is 0 Å². The lowest BCUT2D eigenvalue weighted by atomic mass is 9.82. The van der Waals surface area contributed by atoms with E-state index in [1.54, 1.807) is 0 Å². The molecule has 2 nitrogen and oxygen atoms in total. The maximum atomic E-state index is 9.96. The van der Waals surface area contributed by atoms with E-state index in [-0.39, 0.29) is 11.6 Å². The number of hydrogen-bond donors (Lipinski definition) is 1. The lowest BCUT2D eigenvalue weighted by molar-refractivity contribution is -0.0307. The summed E-state index contributed by atoms with van der Waals surface area (Å²) in [6.45, 7) is 7.22. The first-order chi connectivity index (χ1) is 5.70. The Labute approximate surface area is 74.9 Å². The first-order valence-electron chi connectivity index (χ1n) is 4.83. The molecular formula is C10H19NO.